The first-order valence-electron chi connectivity index (χ1n) is 6.05. The summed E-state index contributed by atoms with van der Waals surface area (Å²) in [6, 6.07) is 4.20. The SMILES string of the molecule is CCCC(C)Nc1ccc(CN)cc1C(F)(F)F. The summed E-state index contributed by atoms with van der Waals surface area (Å²) in [6.07, 6.45) is -2.61. The van der Waals surface area contributed by atoms with Crippen molar-refractivity contribution in [2.24, 2.45) is 5.73 Å². The minimum atomic E-state index is -4.36. The molecule has 1 rings (SSSR count). The second kappa shape index (κ2) is 6.09. The van der Waals surface area contributed by atoms with E-state index in [1.54, 1.807) is 6.07 Å². The second-order valence-corrected chi connectivity index (χ2v) is 4.42. The summed E-state index contributed by atoms with van der Waals surface area (Å²) in [7, 11) is 0. The Hall–Kier alpha value is -1.23. The third-order valence-electron chi connectivity index (χ3n) is 2.75. The number of halogens is 3. The zero-order valence-corrected chi connectivity index (χ0v) is 10.6. The van der Waals surface area contributed by atoms with Crippen LogP contribution in [0.2, 0.25) is 0 Å². The van der Waals surface area contributed by atoms with Gasteiger partial charge in [-0.15, -0.1) is 0 Å². The molecule has 1 atom stereocenters. The number of nitrogens with two attached hydrogens (primary N) is 1. The van der Waals surface area contributed by atoms with E-state index < -0.39 is 11.7 Å². The van der Waals surface area contributed by atoms with E-state index in [0.717, 1.165) is 18.9 Å². The maximum Gasteiger partial charge on any atom is 0.418 e. The van der Waals surface area contributed by atoms with E-state index in [0.29, 0.717) is 5.56 Å². The molecule has 102 valence electrons. The van der Waals surface area contributed by atoms with Gasteiger partial charge in [-0.1, -0.05) is 19.4 Å². The number of rotatable bonds is 5. The largest absolute Gasteiger partial charge is 0.418 e. The van der Waals surface area contributed by atoms with E-state index in [9.17, 15) is 13.2 Å². The lowest BCUT2D eigenvalue weighted by atomic mass is 10.1. The highest BCUT2D eigenvalue weighted by atomic mass is 19.4. The van der Waals surface area contributed by atoms with Crippen LogP contribution >= 0.6 is 0 Å². The Labute approximate surface area is 105 Å². The molecular formula is C13H19F3N2. The van der Waals surface area contributed by atoms with Crippen LogP contribution in [0.1, 0.15) is 37.8 Å². The van der Waals surface area contributed by atoms with Crippen molar-refractivity contribution in [1.29, 1.82) is 0 Å². The van der Waals surface area contributed by atoms with Crippen molar-refractivity contribution in [2.75, 3.05) is 5.32 Å². The van der Waals surface area contributed by atoms with Crippen molar-refractivity contribution in [3.05, 3.63) is 29.3 Å². The highest BCUT2D eigenvalue weighted by molar-refractivity contribution is 5.54. The first-order chi connectivity index (χ1) is 8.38. The first kappa shape index (κ1) is 14.8. The molecule has 1 aromatic carbocycles. The van der Waals surface area contributed by atoms with Crippen molar-refractivity contribution in [1.82, 2.24) is 0 Å². The van der Waals surface area contributed by atoms with Gasteiger partial charge < -0.3 is 11.1 Å². The minimum Gasteiger partial charge on any atom is -0.382 e. The van der Waals surface area contributed by atoms with Crippen LogP contribution in [0.3, 0.4) is 0 Å². The lowest BCUT2D eigenvalue weighted by Gasteiger charge is -2.19. The van der Waals surface area contributed by atoms with Crippen LogP contribution in [0.4, 0.5) is 18.9 Å². The van der Waals surface area contributed by atoms with Crippen LogP contribution < -0.4 is 11.1 Å². The number of nitrogens with one attached hydrogen (secondary N) is 1. The second-order valence-electron chi connectivity index (χ2n) is 4.42. The molecule has 1 unspecified atom stereocenters. The Morgan fingerprint density at radius 3 is 2.50 bits per heavy atom. The van der Waals surface area contributed by atoms with Crippen LogP contribution in [0.15, 0.2) is 18.2 Å². The van der Waals surface area contributed by atoms with Crippen LogP contribution in [0.25, 0.3) is 0 Å². The van der Waals surface area contributed by atoms with E-state index in [-0.39, 0.29) is 18.3 Å². The van der Waals surface area contributed by atoms with Crippen molar-refractivity contribution in [2.45, 2.75) is 45.5 Å². The molecule has 0 saturated carbocycles. The molecule has 0 heterocycles. The van der Waals surface area contributed by atoms with Crippen molar-refractivity contribution >= 4 is 5.69 Å². The summed E-state index contributed by atoms with van der Waals surface area (Å²) in [6.45, 7) is 3.98. The molecule has 0 aliphatic heterocycles. The summed E-state index contributed by atoms with van der Waals surface area (Å²) < 4.78 is 38.8. The molecule has 0 spiro atoms. The van der Waals surface area contributed by atoms with Gasteiger partial charge in [0.15, 0.2) is 0 Å². The van der Waals surface area contributed by atoms with Gasteiger partial charge in [0, 0.05) is 18.3 Å². The number of alkyl halides is 3. The minimum absolute atomic E-state index is 0.0137. The van der Waals surface area contributed by atoms with Gasteiger partial charge in [0.05, 0.1) is 5.56 Å². The molecule has 1 aromatic rings. The summed E-state index contributed by atoms with van der Waals surface area (Å²) in [5.41, 5.74) is 5.34. The van der Waals surface area contributed by atoms with E-state index in [2.05, 4.69) is 5.32 Å². The smallest absolute Gasteiger partial charge is 0.382 e. The van der Waals surface area contributed by atoms with Crippen molar-refractivity contribution < 1.29 is 13.2 Å². The van der Waals surface area contributed by atoms with Gasteiger partial charge in [0.2, 0.25) is 0 Å². The van der Waals surface area contributed by atoms with Gasteiger partial charge in [0.25, 0.3) is 0 Å². The molecular weight excluding hydrogens is 241 g/mol. The summed E-state index contributed by atoms with van der Waals surface area (Å²) in [5.74, 6) is 0. The average Bonchev–Trinajstić information content (AvgIpc) is 2.28. The Morgan fingerprint density at radius 1 is 1.33 bits per heavy atom. The van der Waals surface area contributed by atoms with Gasteiger partial charge in [-0.2, -0.15) is 13.2 Å². The normalized spacial score (nSPS) is 13.4. The molecule has 0 aliphatic rings. The predicted octanol–water partition coefficient (Wildman–Crippen LogP) is 3.76. The summed E-state index contributed by atoms with van der Waals surface area (Å²) in [5, 5.41) is 2.91. The quantitative estimate of drug-likeness (QED) is 0.845. The Balaban J connectivity index is 3.03. The molecule has 0 saturated heterocycles. The zero-order chi connectivity index (χ0) is 13.8. The third-order valence-corrected chi connectivity index (χ3v) is 2.75. The highest BCUT2D eigenvalue weighted by Gasteiger charge is 2.33. The predicted molar refractivity (Wildman–Crippen MR) is 67.3 cm³/mol. The molecule has 0 aliphatic carbocycles. The van der Waals surface area contributed by atoms with Crippen LogP contribution in [-0.4, -0.2) is 6.04 Å². The van der Waals surface area contributed by atoms with Crippen molar-refractivity contribution in [3.63, 3.8) is 0 Å². The molecule has 0 fully saturated rings. The maximum absolute atomic E-state index is 12.9. The van der Waals surface area contributed by atoms with E-state index in [1.807, 2.05) is 13.8 Å². The fraction of sp³-hybridized carbons (Fsp3) is 0.538. The monoisotopic (exact) mass is 260 g/mol. The molecule has 18 heavy (non-hydrogen) atoms. The molecule has 2 nitrogen and oxygen atoms in total. The Morgan fingerprint density at radius 2 is 2.00 bits per heavy atom. The van der Waals surface area contributed by atoms with E-state index >= 15 is 0 Å². The lowest BCUT2D eigenvalue weighted by molar-refractivity contribution is -0.137. The molecule has 0 aromatic heterocycles. The summed E-state index contributed by atoms with van der Waals surface area (Å²) >= 11 is 0. The first-order valence-corrected chi connectivity index (χ1v) is 6.05. The molecule has 0 amide bonds. The maximum atomic E-state index is 12.9. The van der Waals surface area contributed by atoms with Gasteiger partial charge >= 0.3 is 6.18 Å². The van der Waals surface area contributed by atoms with Gasteiger partial charge in [-0.3, -0.25) is 0 Å². The fourth-order valence-electron chi connectivity index (χ4n) is 1.85. The standard InChI is InChI=1S/C13H19F3N2/c1-3-4-9(2)18-12-6-5-10(8-17)7-11(12)13(14,15)16/h5-7,9,18H,3-4,8,17H2,1-2H3. The third kappa shape index (κ3) is 3.91. The Kier molecular flexibility index (Phi) is 5.02. The number of benzene rings is 1. The number of anilines is 1. The number of hydrogen-bond donors (Lipinski definition) is 2. The van der Waals surface area contributed by atoms with E-state index in [1.165, 1.54) is 6.07 Å². The molecule has 0 bridgehead atoms. The van der Waals surface area contributed by atoms with Crippen LogP contribution in [0, 0.1) is 0 Å². The Bertz CT molecular complexity index is 388. The molecule has 0 radical (unpaired) electrons. The van der Waals surface area contributed by atoms with Crippen molar-refractivity contribution in [3.8, 4) is 0 Å². The topological polar surface area (TPSA) is 38.0 Å². The summed E-state index contributed by atoms with van der Waals surface area (Å²) in [4.78, 5) is 0. The molecule has 3 N–H and O–H groups in total. The van der Waals surface area contributed by atoms with Crippen LogP contribution in [-0.2, 0) is 12.7 Å². The van der Waals surface area contributed by atoms with Gasteiger partial charge in [-0.25, -0.2) is 0 Å². The highest BCUT2D eigenvalue weighted by Crippen LogP contribution is 2.35. The van der Waals surface area contributed by atoms with E-state index in [4.69, 9.17) is 5.73 Å². The van der Waals surface area contributed by atoms with Gasteiger partial charge in [0.1, 0.15) is 0 Å². The van der Waals surface area contributed by atoms with Crippen LogP contribution in [0.5, 0.6) is 0 Å². The number of hydrogen-bond acceptors (Lipinski definition) is 2. The van der Waals surface area contributed by atoms with Gasteiger partial charge in [-0.05, 0) is 31.0 Å². The fourth-order valence-corrected chi connectivity index (χ4v) is 1.85. The zero-order valence-electron chi connectivity index (χ0n) is 10.6. The molecule has 5 heteroatoms. The lowest BCUT2D eigenvalue weighted by Crippen LogP contribution is -2.19. The average molecular weight is 260 g/mol.